The largest absolute Gasteiger partial charge is 0.488 e. The first-order chi connectivity index (χ1) is 13.9. The fourth-order valence-electron chi connectivity index (χ4n) is 2.10. The van der Waals surface area contributed by atoms with Gasteiger partial charge in [-0.3, -0.25) is 9.59 Å². The molecule has 0 spiro atoms. The number of amides is 2. The van der Waals surface area contributed by atoms with Crippen molar-refractivity contribution in [2.45, 2.75) is 6.61 Å². The molecule has 0 heterocycles. The van der Waals surface area contributed by atoms with Crippen LogP contribution in [0.25, 0.3) is 0 Å². The smallest absolute Gasteiger partial charge is 0.329 e. The maximum atomic E-state index is 11.7. The molecule has 0 saturated carbocycles. The highest BCUT2D eigenvalue weighted by atomic mass is 35.5. The molecule has 0 aliphatic heterocycles. The van der Waals surface area contributed by atoms with Gasteiger partial charge in [0.15, 0.2) is 0 Å². The molecule has 2 amide bonds. The van der Waals surface area contributed by atoms with Crippen molar-refractivity contribution in [1.82, 2.24) is 10.7 Å². The summed E-state index contributed by atoms with van der Waals surface area (Å²) < 4.78 is 10.6. The van der Waals surface area contributed by atoms with E-state index >= 15 is 0 Å². The van der Waals surface area contributed by atoms with Crippen molar-refractivity contribution in [3.63, 3.8) is 0 Å². The molecule has 10 heteroatoms. The van der Waals surface area contributed by atoms with Gasteiger partial charge in [0.2, 0.25) is 0 Å². The van der Waals surface area contributed by atoms with Crippen LogP contribution in [0, 0.1) is 0 Å². The molecular formula is C19H18Cl3N3O4. The SMILES string of the molecule is COCCNC(=O)C(=O)N/N=C\c1cc(Cl)ccc1OCc1ccc(Cl)c(Cl)c1. The summed E-state index contributed by atoms with van der Waals surface area (Å²) in [6, 6.07) is 10.1. The van der Waals surface area contributed by atoms with E-state index < -0.39 is 11.8 Å². The van der Waals surface area contributed by atoms with E-state index in [-0.39, 0.29) is 13.2 Å². The highest BCUT2D eigenvalue weighted by molar-refractivity contribution is 6.42. The molecule has 0 aromatic heterocycles. The van der Waals surface area contributed by atoms with Crippen LogP contribution in [0.5, 0.6) is 5.75 Å². The first-order valence-corrected chi connectivity index (χ1v) is 9.50. The Morgan fingerprint density at radius 3 is 2.59 bits per heavy atom. The molecule has 0 atom stereocenters. The Bertz CT molecular complexity index is 906. The van der Waals surface area contributed by atoms with Gasteiger partial charge in [0, 0.05) is 24.2 Å². The summed E-state index contributed by atoms with van der Waals surface area (Å²) >= 11 is 17.9. The van der Waals surface area contributed by atoms with Crippen molar-refractivity contribution >= 4 is 52.8 Å². The number of ether oxygens (including phenoxy) is 2. The molecule has 2 aromatic rings. The predicted octanol–water partition coefficient (Wildman–Crippen LogP) is 3.44. The van der Waals surface area contributed by atoms with Crippen LogP contribution in [0.1, 0.15) is 11.1 Å². The number of carbonyl (C=O) groups is 2. The van der Waals surface area contributed by atoms with Gasteiger partial charge in [0.05, 0.1) is 22.9 Å². The Balaban J connectivity index is 2.00. The second-order valence-corrected chi connectivity index (χ2v) is 6.92. The van der Waals surface area contributed by atoms with Gasteiger partial charge in [-0.2, -0.15) is 5.10 Å². The Hall–Kier alpha value is -2.32. The van der Waals surface area contributed by atoms with E-state index in [9.17, 15) is 9.59 Å². The molecule has 0 radical (unpaired) electrons. The molecule has 7 nitrogen and oxygen atoms in total. The van der Waals surface area contributed by atoms with E-state index in [0.29, 0.717) is 33.0 Å². The number of methoxy groups -OCH3 is 1. The number of rotatable bonds is 8. The van der Waals surface area contributed by atoms with Crippen molar-refractivity contribution in [1.29, 1.82) is 0 Å². The third kappa shape index (κ3) is 7.55. The maximum Gasteiger partial charge on any atom is 0.329 e. The first kappa shape index (κ1) is 23.0. The van der Waals surface area contributed by atoms with Crippen molar-refractivity contribution in [3.8, 4) is 5.75 Å². The Morgan fingerprint density at radius 1 is 1.07 bits per heavy atom. The number of benzene rings is 2. The zero-order valence-corrected chi connectivity index (χ0v) is 17.6. The lowest BCUT2D eigenvalue weighted by molar-refractivity contribution is -0.139. The molecule has 0 bridgehead atoms. The lowest BCUT2D eigenvalue weighted by Gasteiger charge is -2.10. The second-order valence-electron chi connectivity index (χ2n) is 5.67. The number of carbonyl (C=O) groups excluding carboxylic acids is 2. The number of nitrogens with zero attached hydrogens (tertiary/aromatic N) is 1. The van der Waals surface area contributed by atoms with E-state index in [2.05, 4.69) is 15.8 Å². The van der Waals surface area contributed by atoms with Crippen LogP contribution >= 0.6 is 34.8 Å². The van der Waals surface area contributed by atoms with E-state index in [0.717, 1.165) is 5.56 Å². The molecule has 0 aliphatic carbocycles. The van der Waals surface area contributed by atoms with Gasteiger partial charge in [0.25, 0.3) is 0 Å². The van der Waals surface area contributed by atoms with Crippen LogP contribution in [0.15, 0.2) is 41.5 Å². The average molecular weight is 459 g/mol. The standard InChI is InChI=1S/C19H18Cl3N3O4/c1-28-7-6-23-18(26)19(27)25-24-10-13-9-14(20)3-5-17(13)29-11-12-2-4-15(21)16(22)8-12/h2-5,8-10H,6-7,11H2,1H3,(H,23,26)(H,25,27)/b24-10-. The lowest BCUT2D eigenvalue weighted by atomic mass is 10.2. The van der Waals surface area contributed by atoms with Crippen molar-refractivity contribution in [3.05, 3.63) is 62.6 Å². The minimum Gasteiger partial charge on any atom is -0.488 e. The van der Waals surface area contributed by atoms with Gasteiger partial charge in [-0.25, -0.2) is 5.43 Å². The molecule has 0 unspecified atom stereocenters. The molecule has 0 saturated heterocycles. The number of hydrogen-bond donors (Lipinski definition) is 2. The summed E-state index contributed by atoms with van der Waals surface area (Å²) in [6.45, 7) is 0.741. The normalized spacial score (nSPS) is 10.8. The van der Waals surface area contributed by atoms with Crippen LogP contribution < -0.4 is 15.5 Å². The molecule has 29 heavy (non-hydrogen) atoms. The third-order valence-corrected chi connectivity index (χ3v) is 4.49. The Kier molecular flexibility index (Phi) is 9.21. The van der Waals surface area contributed by atoms with Crippen molar-refractivity contribution in [2.24, 2.45) is 5.10 Å². The van der Waals surface area contributed by atoms with E-state index in [4.69, 9.17) is 44.3 Å². The fourth-order valence-corrected chi connectivity index (χ4v) is 2.60. The average Bonchev–Trinajstić information content (AvgIpc) is 2.70. The second kappa shape index (κ2) is 11.6. The first-order valence-electron chi connectivity index (χ1n) is 8.37. The zero-order valence-electron chi connectivity index (χ0n) is 15.4. The van der Waals surface area contributed by atoms with Crippen molar-refractivity contribution < 1.29 is 19.1 Å². The topological polar surface area (TPSA) is 89.0 Å². The highest BCUT2D eigenvalue weighted by Crippen LogP contribution is 2.25. The van der Waals surface area contributed by atoms with Gasteiger partial charge < -0.3 is 14.8 Å². The number of halogens is 3. The monoisotopic (exact) mass is 457 g/mol. The highest BCUT2D eigenvalue weighted by Gasteiger charge is 2.11. The number of nitrogens with one attached hydrogen (secondary N) is 2. The van der Waals surface area contributed by atoms with Gasteiger partial charge in [0.1, 0.15) is 12.4 Å². The quantitative estimate of drug-likeness (QED) is 0.274. The molecule has 2 rings (SSSR count). The summed E-state index contributed by atoms with van der Waals surface area (Å²) in [5, 5.41) is 7.50. The van der Waals surface area contributed by atoms with E-state index in [1.807, 2.05) is 0 Å². The Morgan fingerprint density at radius 2 is 1.86 bits per heavy atom. The molecule has 0 fully saturated rings. The fraction of sp³-hybridized carbons (Fsp3) is 0.211. The van der Waals surface area contributed by atoms with Crippen LogP contribution in [-0.4, -0.2) is 38.3 Å². The predicted molar refractivity (Wildman–Crippen MR) is 113 cm³/mol. The van der Waals surface area contributed by atoms with Gasteiger partial charge in [-0.1, -0.05) is 40.9 Å². The maximum absolute atomic E-state index is 11.7. The van der Waals surface area contributed by atoms with Crippen LogP contribution in [0.2, 0.25) is 15.1 Å². The van der Waals surface area contributed by atoms with Gasteiger partial charge >= 0.3 is 11.8 Å². The van der Waals surface area contributed by atoms with Crippen LogP contribution in [0.3, 0.4) is 0 Å². The number of hydrogen-bond acceptors (Lipinski definition) is 5. The van der Waals surface area contributed by atoms with Crippen LogP contribution in [-0.2, 0) is 20.9 Å². The molecule has 154 valence electrons. The molecular weight excluding hydrogens is 441 g/mol. The van der Waals surface area contributed by atoms with E-state index in [1.165, 1.54) is 13.3 Å². The van der Waals surface area contributed by atoms with Gasteiger partial charge in [-0.05, 0) is 35.9 Å². The molecule has 2 aromatic carbocycles. The molecule has 0 aliphatic rings. The van der Waals surface area contributed by atoms with Crippen LogP contribution in [0.4, 0.5) is 0 Å². The van der Waals surface area contributed by atoms with E-state index in [1.54, 1.807) is 36.4 Å². The molecule has 2 N–H and O–H groups in total. The third-order valence-electron chi connectivity index (χ3n) is 3.52. The van der Waals surface area contributed by atoms with Gasteiger partial charge in [-0.15, -0.1) is 0 Å². The minimum atomic E-state index is -0.905. The Labute approximate surface area is 182 Å². The lowest BCUT2D eigenvalue weighted by Crippen LogP contribution is -2.39. The van der Waals surface area contributed by atoms with Crippen molar-refractivity contribution in [2.75, 3.05) is 20.3 Å². The summed E-state index contributed by atoms with van der Waals surface area (Å²) in [5.41, 5.74) is 3.47. The summed E-state index contributed by atoms with van der Waals surface area (Å²) in [4.78, 5) is 23.3. The summed E-state index contributed by atoms with van der Waals surface area (Å²) in [6.07, 6.45) is 1.33. The zero-order chi connectivity index (χ0) is 21.2. The minimum absolute atomic E-state index is 0.216. The summed E-state index contributed by atoms with van der Waals surface area (Å²) in [5.74, 6) is -1.25. The summed E-state index contributed by atoms with van der Waals surface area (Å²) in [7, 11) is 1.49. The number of hydrazone groups is 1.